The van der Waals surface area contributed by atoms with E-state index in [-0.39, 0.29) is 0 Å². The Morgan fingerprint density at radius 2 is 1.42 bits per heavy atom. The maximum Gasteiger partial charge on any atom is 0.0718 e. The SMILES string of the molecule is Cc1c2ccccc2nc2ccc3ccccc3c12. The summed E-state index contributed by atoms with van der Waals surface area (Å²) < 4.78 is 0. The molecule has 1 heteroatoms. The number of fused-ring (bicyclic) bond motifs is 4. The normalized spacial score (nSPS) is 11.4. The van der Waals surface area contributed by atoms with E-state index < -0.39 is 0 Å². The van der Waals surface area contributed by atoms with E-state index in [1.807, 2.05) is 6.07 Å². The second kappa shape index (κ2) is 3.79. The van der Waals surface area contributed by atoms with Crippen LogP contribution in [0.25, 0.3) is 32.6 Å². The van der Waals surface area contributed by atoms with E-state index in [0.29, 0.717) is 0 Å². The van der Waals surface area contributed by atoms with Gasteiger partial charge in [-0.1, -0.05) is 48.5 Å². The summed E-state index contributed by atoms with van der Waals surface area (Å²) in [5.41, 5.74) is 3.47. The van der Waals surface area contributed by atoms with Crippen LogP contribution in [0.4, 0.5) is 0 Å². The molecule has 0 aliphatic heterocycles. The van der Waals surface area contributed by atoms with Crippen LogP contribution in [0.15, 0.2) is 60.7 Å². The third-order valence-corrected chi connectivity index (χ3v) is 3.83. The maximum atomic E-state index is 4.79. The van der Waals surface area contributed by atoms with E-state index in [1.165, 1.54) is 27.1 Å². The van der Waals surface area contributed by atoms with E-state index in [2.05, 4.69) is 61.5 Å². The van der Waals surface area contributed by atoms with Gasteiger partial charge in [0.15, 0.2) is 0 Å². The lowest BCUT2D eigenvalue weighted by Crippen LogP contribution is -1.88. The number of rotatable bonds is 0. The molecule has 0 N–H and O–H groups in total. The van der Waals surface area contributed by atoms with E-state index in [9.17, 15) is 0 Å². The number of hydrogen-bond acceptors (Lipinski definition) is 1. The summed E-state index contributed by atoms with van der Waals surface area (Å²) in [6.07, 6.45) is 0. The zero-order valence-electron chi connectivity index (χ0n) is 10.7. The topological polar surface area (TPSA) is 12.9 Å². The zero-order chi connectivity index (χ0) is 12.8. The molecule has 4 aromatic rings. The number of aryl methyl sites for hydroxylation is 1. The molecule has 0 bridgehead atoms. The quantitative estimate of drug-likeness (QED) is 0.318. The zero-order valence-corrected chi connectivity index (χ0v) is 10.7. The summed E-state index contributed by atoms with van der Waals surface area (Å²) in [5, 5.41) is 5.08. The second-order valence-electron chi connectivity index (χ2n) is 4.93. The number of aromatic nitrogens is 1. The molecule has 0 unspecified atom stereocenters. The van der Waals surface area contributed by atoms with Crippen LogP contribution >= 0.6 is 0 Å². The molecular weight excluding hydrogens is 230 g/mol. The van der Waals surface area contributed by atoms with Gasteiger partial charge in [-0.15, -0.1) is 0 Å². The Labute approximate surface area is 111 Å². The lowest BCUT2D eigenvalue weighted by Gasteiger charge is -2.09. The average Bonchev–Trinajstić information content (AvgIpc) is 2.47. The van der Waals surface area contributed by atoms with Crippen LogP contribution < -0.4 is 0 Å². The van der Waals surface area contributed by atoms with Crippen LogP contribution in [0.3, 0.4) is 0 Å². The highest BCUT2D eigenvalue weighted by molar-refractivity contribution is 6.12. The van der Waals surface area contributed by atoms with Gasteiger partial charge in [0.1, 0.15) is 0 Å². The molecule has 0 fully saturated rings. The van der Waals surface area contributed by atoms with Gasteiger partial charge in [-0.25, -0.2) is 4.98 Å². The highest BCUT2D eigenvalue weighted by Gasteiger charge is 2.07. The van der Waals surface area contributed by atoms with E-state index in [1.54, 1.807) is 0 Å². The van der Waals surface area contributed by atoms with Gasteiger partial charge < -0.3 is 0 Å². The van der Waals surface area contributed by atoms with Gasteiger partial charge in [-0.3, -0.25) is 0 Å². The molecule has 4 rings (SSSR count). The van der Waals surface area contributed by atoms with Crippen LogP contribution in [0.5, 0.6) is 0 Å². The minimum absolute atomic E-state index is 1.07. The third-order valence-electron chi connectivity index (χ3n) is 3.83. The molecule has 0 radical (unpaired) electrons. The summed E-state index contributed by atoms with van der Waals surface area (Å²) in [5.74, 6) is 0. The van der Waals surface area contributed by atoms with Crippen LogP contribution in [0.2, 0.25) is 0 Å². The van der Waals surface area contributed by atoms with Crippen molar-refractivity contribution in [3.8, 4) is 0 Å². The van der Waals surface area contributed by atoms with Gasteiger partial charge in [-0.2, -0.15) is 0 Å². The van der Waals surface area contributed by atoms with E-state index in [0.717, 1.165) is 11.0 Å². The Kier molecular flexibility index (Phi) is 2.10. The average molecular weight is 243 g/mol. The Balaban J connectivity index is 2.33. The fraction of sp³-hybridized carbons (Fsp3) is 0.0556. The maximum absolute atomic E-state index is 4.79. The number of hydrogen-bond donors (Lipinski definition) is 0. The predicted molar refractivity (Wildman–Crippen MR) is 81.5 cm³/mol. The smallest absolute Gasteiger partial charge is 0.0718 e. The van der Waals surface area contributed by atoms with Gasteiger partial charge in [-0.05, 0) is 35.4 Å². The summed E-state index contributed by atoms with van der Waals surface area (Å²) in [7, 11) is 0. The second-order valence-corrected chi connectivity index (χ2v) is 4.93. The van der Waals surface area contributed by atoms with Gasteiger partial charge in [0.2, 0.25) is 0 Å². The largest absolute Gasteiger partial charge is 0.248 e. The highest BCUT2D eigenvalue weighted by atomic mass is 14.7. The summed E-state index contributed by atoms with van der Waals surface area (Å²) in [6.45, 7) is 2.19. The number of nitrogens with zero attached hydrogens (tertiary/aromatic N) is 1. The molecule has 1 nitrogen and oxygen atoms in total. The lowest BCUT2D eigenvalue weighted by molar-refractivity contribution is 1.46. The standard InChI is InChI=1S/C18H13N/c1-12-14-7-4-5-9-16(14)19-17-11-10-13-6-2-3-8-15(13)18(12)17/h2-11H,1H3. The van der Waals surface area contributed by atoms with Gasteiger partial charge in [0, 0.05) is 10.8 Å². The van der Waals surface area contributed by atoms with Gasteiger partial charge in [0.25, 0.3) is 0 Å². The van der Waals surface area contributed by atoms with E-state index in [4.69, 9.17) is 4.98 Å². The number of para-hydroxylation sites is 1. The first-order valence-electron chi connectivity index (χ1n) is 6.51. The third kappa shape index (κ3) is 1.45. The molecule has 0 saturated carbocycles. The van der Waals surface area contributed by atoms with Crippen molar-refractivity contribution >= 4 is 32.6 Å². The molecule has 0 aliphatic carbocycles. The molecule has 0 spiro atoms. The first-order chi connectivity index (χ1) is 9.34. The Morgan fingerprint density at radius 3 is 2.32 bits per heavy atom. The molecule has 19 heavy (non-hydrogen) atoms. The van der Waals surface area contributed by atoms with Crippen molar-refractivity contribution in [3.63, 3.8) is 0 Å². The summed E-state index contributed by atoms with van der Waals surface area (Å²) >= 11 is 0. The first kappa shape index (κ1) is 10.5. The minimum Gasteiger partial charge on any atom is -0.248 e. The van der Waals surface area contributed by atoms with Crippen LogP contribution in [-0.2, 0) is 0 Å². The predicted octanol–water partition coefficient (Wildman–Crippen LogP) is 4.85. The van der Waals surface area contributed by atoms with Crippen molar-refractivity contribution < 1.29 is 0 Å². The molecule has 1 aromatic heterocycles. The van der Waals surface area contributed by atoms with E-state index >= 15 is 0 Å². The summed E-state index contributed by atoms with van der Waals surface area (Å²) in [6, 6.07) is 21.1. The molecule has 0 amide bonds. The van der Waals surface area contributed by atoms with Crippen molar-refractivity contribution in [3.05, 3.63) is 66.2 Å². The molecular formula is C18H13N. The molecule has 1 heterocycles. The Morgan fingerprint density at radius 1 is 0.684 bits per heavy atom. The Hall–Kier alpha value is -2.41. The summed E-state index contributed by atoms with van der Waals surface area (Å²) in [4.78, 5) is 4.79. The molecule has 0 atom stereocenters. The monoisotopic (exact) mass is 243 g/mol. The van der Waals surface area contributed by atoms with Crippen LogP contribution in [0, 0.1) is 6.92 Å². The van der Waals surface area contributed by atoms with Gasteiger partial charge >= 0.3 is 0 Å². The molecule has 0 saturated heterocycles. The van der Waals surface area contributed by atoms with Crippen molar-refractivity contribution in [2.45, 2.75) is 6.92 Å². The van der Waals surface area contributed by atoms with Gasteiger partial charge in [0.05, 0.1) is 11.0 Å². The fourth-order valence-corrected chi connectivity index (χ4v) is 2.90. The molecule has 3 aromatic carbocycles. The van der Waals surface area contributed by atoms with Crippen molar-refractivity contribution in [2.75, 3.05) is 0 Å². The highest BCUT2D eigenvalue weighted by Crippen LogP contribution is 2.31. The van der Waals surface area contributed by atoms with Crippen molar-refractivity contribution in [2.24, 2.45) is 0 Å². The van der Waals surface area contributed by atoms with Crippen molar-refractivity contribution in [1.29, 1.82) is 0 Å². The van der Waals surface area contributed by atoms with Crippen molar-refractivity contribution in [1.82, 2.24) is 4.98 Å². The number of pyridine rings is 1. The lowest BCUT2D eigenvalue weighted by atomic mass is 9.98. The van der Waals surface area contributed by atoms with Crippen LogP contribution in [0.1, 0.15) is 5.56 Å². The number of benzene rings is 3. The minimum atomic E-state index is 1.07. The fourth-order valence-electron chi connectivity index (χ4n) is 2.90. The molecule has 90 valence electrons. The van der Waals surface area contributed by atoms with Crippen LogP contribution in [-0.4, -0.2) is 4.98 Å². The molecule has 0 aliphatic rings. The first-order valence-corrected chi connectivity index (χ1v) is 6.51. The Bertz CT molecular complexity index is 922.